The van der Waals surface area contributed by atoms with Crippen molar-refractivity contribution < 1.29 is 17.9 Å². The standard InChI is InChI=1S/C19H13F3N4O/c20-19(21,22)13-3-1-12(2-4-13)16-10-18(26-11-25-16)27-14-5-6-15-17(9-14)24-8-7-23-15/h1-7,9-11,24H,8H2. The summed E-state index contributed by atoms with van der Waals surface area (Å²) in [4.78, 5) is 12.4. The summed E-state index contributed by atoms with van der Waals surface area (Å²) in [6, 6.07) is 11.8. The van der Waals surface area contributed by atoms with Crippen LogP contribution in [0.1, 0.15) is 5.56 Å². The lowest BCUT2D eigenvalue weighted by molar-refractivity contribution is -0.137. The van der Waals surface area contributed by atoms with Crippen molar-refractivity contribution in [2.24, 2.45) is 4.99 Å². The zero-order valence-corrected chi connectivity index (χ0v) is 13.9. The Kier molecular flexibility index (Phi) is 4.23. The molecule has 5 nitrogen and oxygen atoms in total. The summed E-state index contributed by atoms with van der Waals surface area (Å²) >= 11 is 0. The lowest BCUT2D eigenvalue weighted by Gasteiger charge is -2.13. The highest BCUT2D eigenvalue weighted by atomic mass is 19.4. The fraction of sp³-hybridized carbons (Fsp3) is 0.105. The minimum atomic E-state index is -4.37. The van der Waals surface area contributed by atoms with Crippen molar-refractivity contribution in [3.63, 3.8) is 0 Å². The van der Waals surface area contributed by atoms with Crippen molar-refractivity contribution in [1.29, 1.82) is 0 Å². The number of fused-ring (bicyclic) bond motifs is 1. The number of ether oxygens (including phenoxy) is 1. The third kappa shape index (κ3) is 3.74. The first kappa shape index (κ1) is 17.0. The third-order valence-corrected chi connectivity index (χ3v) is 3.95. The number of benzene rings is 2. The average molecular weight is 370 g/mol. The van der Waals surface area contributed by atoms with Gasteiger partial charge in [0.1, 0.15) is 12.1 Å². The summed E-state index contributed by atoms with van der Waals surface area (Å²) in [7, 11) is 0. The van der Waals surface area contributed by atoms with Gasteiger partial charge in [-0.1, -0.05) is 12.1 Å². The highest BCUT2D eigenvalue weighted by Gasteiger charge is 2.30. The van der Waals surface area contributed by atoms with E-state index in [1.54, 1.807) is 18.3 Å². The number of halogens is 3. The highest BCUT2D eigenvalue weighted by molar-refractivity contribution is 5.81. The van der Waals surface area contributed by atoms with Gasteiger partial charge in [-0.25, -0.2) is 9.97 Å². The van der Waals surface area contributed by atoms with Crippen molar-refractivity contribution in [1.82, 2.24) is 9.97 Å². The predicted octanol–water partition coefficient (Wildman–Crippen LogP) is 5.08. The second-order valence-electron chi connectivity index (χ2n) is 5.79. The summed E-state index contributed by atoms with van der Waals surface area (Å²) < 4.78 is 43.8. The molecule has 1 aliphatic heterocycles. The molecule has 2 aromatic carbocycles. The van der Waals surface area contributed by atoms with E-state index in [2.05, 4.69) is 20.3 Å². The van der Waals surface area contributed by atoms with Crippen molar-refractivity contribution in [3.05, 3.63) is 60.4 Å². The summed E-state index contributed by atoms with van der Waals surface area (Å²) in [5.41, 5.74) is 1.97. The first-order chi connectivity index (χ1) is 13.0. The summed E-state index contributed by atoms with van der Waals surface area (Å²) in [5.74, 6) is 0.856. The first-order valence-corrected chi connectivity index (χ1v) is 8.07. The van der Waals surface area contributed by atoms with Gasteiger partial charge in [-0.2, -0.15) is 13.2 Å². The number of aromatic nitrogens is 2. The van der Waals surface area contributed by atoms with Gasteiger partial charge in [-0.3, -0.25) is 4.99 Å². The number of nitrogens with zero attached hydrogens (tertiary/aromatic N) is 3. The molecule has 0 saturated heterocycles. The van der Waals surface area contributed by atoms with Crippen LogP contribution in [-0.2, 0) is 6.18 Å². The number of aliphatic imine (C=N–C) groups is 1. The van der Waals surface area contributed by atoms with Crippen molar-refractivity contribution in [2.45, 2.75) is 6.18 Å². The Morgan fingerprint density at radius 1 is 0.963 bits per heavy atom. The molecule has 136 valence electrons. The zero-order valence-electron chi connectivity index (χ0n) is 13.9. The van der Waals surface area contributed by atoms with E-state index < -0.39 is 11.7 Å². The Labute approximate surface area is 152 Å². The minimum absolute atomic E-state index is 0.291. The van der Waals surface area contributed by atoms with Crippen LogP contribution in [0.15, 0.2) is 59.9 Å². The summed E-state index contributed by atoms with van der Waals surface area (Å²) in [5, 5.41) is 3.19. The van der Waals surface area contributed by atoms with Crippen LogP contribution in [0.25, 0.3) is 11.3 Å². The zero-order chi connectivity index (χ0) is 18.9. The molecule has 0 fully saturated rings. The number of nitrogens with one attached hydrogen (secondary N) is 1. The van der Waals surface area contributed by atoms with Crippen LogP contribution in [0.2, 0.25) is 0 Å². The van der Waals surface area contributed by atoms with Crippen molar-refractivity contribution in [3.8, 4) is 22.9 Å². The van der Waals surface area contributed by atoms with Gasteiger partial charge in [0.15, 0.2) is 0 Å². The molecule has 1 N–H and O–H groups in total. The van der Waals surface area contributed by atoms with Crippen LogP contribution in [0.3, 0.4) is 0 Å². The van der Waals surface area contributed by atoms with E-state index in [-0.39, 0.29) is 0 Å². The topological polar surface area (TPSA) is 59.4 Å². The lowest BCUT2D eigenvalue weighted by atomic mass is 10.1. The van der Waals surface area contributed by atoms with Crippen LogP contribution >= 0.6 is 0 Å². The SMILES string of the molecule is FC(F)(F)c1ccc(-c2cc(Oc3ccc4c(c3)NCC=N4)ncn2)cc1. The molecule has 0 aliphatic carbocycles. The monoisotopic (exact) mass is 370 g/mol. The molecule has 0 radical (unpaired) electrons. The fourth-order valence-corrected chi connectivity index (χ4v) is 2.64. The molecular weight excluding hydrogens is 357 g/mol. The van der Waals surface area contributed by atoms with Crippen LogP contribution < -0.4 is 10.1 Å². The van der Waals surface area contributed by atoms with Crippen LogP contribution in [-0.4, -0.2) is 22.7 Å². The van der Waals surface area contributed by atoms with E-state index in [0.717, 1.165) is 23.5 Å². The maximum atomic E-state index is 12.7. The van der Waals surface area contributed by atoms with Gasteiger partial charge in [0.05, 0.1) is 29.2 Å². The molecule has 0 unspecified atom stereocenters. The average Bonchev–Trinajstić information content (AvgIpc) is 2.68. The molecule has 2 heterocycles. The third-order valence-electron chi connectivity index (χ3n) is 3.95. The van der Waals surface area contributed by atoms with E-state index in [0.29, 0.717) is 29.4 Å². The predicted molar refractivity (Wildman–Crippen MR) is 95.6 cm³/mol. The van der Waals surface area contributed by atoms with Gasteiger partial charge < -0.3 is 10.1 Å². The Morgan fingerprint density at radius 3 is 2.56 bits per heavy atom. The summed E-state index contributed by atoms with van der Waals surface area (Å²) in [6.45, 7) is 0.641. The van der Waals surface area contributed by atoms with E-state index in [1.165, 1.54) is 18.5 Å². The molecule has 8 heteroatoms. The quantitative estimate of drug-likeness (QED) is 0.698. The molecule has 0 atom stereocenters. The Hall–Kier alpha value is -3.42. The minimum Gasteiger partial charge on any atom is -0.439 e. The lowest BCUT2D eigenvalue weighted by Crippen LogP contribution is -2.06. The van der Waals surface area contributed by atoms with E-state index >= 15 is 0 Å². The van der Waals surface area contributed by atoms with Gasteiger partial charge in [0.25, 0.3) is 0 Å². The van der Waals surface area contributed by atoms with E-state index in [4.69, 9.17) is 4.74 Å². The Bertz CT molecular complexity index is 1000. The van der Waals surface area contributed by atoms with Gasteiger partial charge >= 0.3 is 6.18 Å². The van der Waals surface area contributed by atoms with Crippen molar-refractivity contribution in [2.75, 3.05) is 11.9 Å². The molecule has 1 aliphatic rings. The van der Waals surface area contributed by atoms with Crippen LogP contribution in [0.5, 0.6) is 11.6 Å². The normalized spacial score (nSPS) is 13.0. The number of anilines is 1. The molecule has 0 amide bonds. The largest absolute Gasteiger partial charge is 0.439 e. The number of rotatable bonds is 3. The maximum absolute atomic E-state index is 12.7. The molecule has 1 aromatic heterocycles. The number of hydrogen-bond acceptors (Lipinski definition) is 5. The van der Waals surface area contributed by atoms with Crippen molar-refractivity contribution >= 4 is 17.6 Å². The smallest absolute Gasteiger partial charge is 0.416 e. The molecule has 4 rings (SSSR count). The van der Waals surface area contributed by atoms with Gasteiger partial charge in [0, 0.05) is 23.9 Å². The maximum Gasteiger partial charge on any atom is 0.416 e. The second-order valence-corrected chi connectivity index (χ2v) is 5.79. The Balaban J connectivity index is 1.57. The van der Waals surface area contributed by atoms with Gasteiger partial charge in [-0.05, 0) is 24.3 Å². The van der Waals surface area contributed by atoms with Crippen LogP contribution in [0.4, 0.5) is 24.5 Å². The highest BCUT2D eigenvalue weighted by Crippen LogP contribution is 2.34. The molecule has 0 bridgehead atoms. The second kappa shape index (κ2) is 6.71. The molecule has 3 aromatic rings. The fourth-order valence-electron chi connectivity index (χ4n) is 2.64. The first-order valence-electron chi connectivity index (χ1n) is 8.07. The molecule has 0 spiro atoms. The Morgan fingerprint density at radius 2 is 1.78 bits per heavy atom. The van der Waals surface area contributed by atoms with Crippen LogP contribution in [0, 0.1) is 0 Å². The molecular formula is C19H13F3N4O. The molecule has 0 saturated carbocycles. The number of alkyl halides is 3. The molecule has 27 heavy (non-hydrogen) atoms. The van der Waals surface area contributed by atoms with Gasteiger partial charge in [-0.15, -0.1) is 0 Å². The summed E-state index contributed by atoms with van der Waals surface area (Å²) in [6.07, 6.45) is -1.28. The van der Waals surface area contributed by atoms with Gasteiger partial charge in [0.2, 0.25) is 5.88 Å². The van der Waals surface area contributed by atoms with E-state index in [1.807, 2.05) is 12.1 Å². The number of hydrogen-bond donors (Lipinski definition) is 1. The van der Waals surface area contributed by atoms with E-state index in [9.17, 15) is 13.2 Å².